The number of rotatable bonds is 5. The summed E-state index contributed by atoms with van der Waals surface area (Å²) in [5, 5.41) is 2.67. The van der Waals surface area contributed by atoms with Gasteiger partial charge in [0, 0.05) is 24.8 Å². The number of benzene rings is 2. The summed E-state index contributed by atoms with van der Waals surface area (Å²) in [4.78, 5) is 32.2. The molecule has 5 nitrogen and oxygen atoms in total. The van der Waals surface area contributed by atoms with Crippen LogP contribution in [0.15, 0.2) is 72.9 Å². The van der Waals surface area contributed by atoms with Crippen LogP contribution < -0.4 is 5.32 Å². The number of carbonyl (C=O) groups is 2. The van der Waals surface area contributed by atoms with Crippen LogP contribution >= 0.6 is 0 Å². The molecule has 4 rings (SSSR count). The summed E-state index contributed by atoms with van der Waals surface area (Å²) in [5.41, 5.74) is 2.73. The molecule has 0 bridgehead atoms. The van der Waals surface area contributed by atoms with Crippen LogP contribution in [-0.4, -0.2) is 21.7 Å². The van der Waals surface area contributed by atoms with Crippen molar-refractivity contribution in [3.05, 3.63) is 95.6 Å². The normalized spacial score (nSPS) is 16.3. The van der Waals surface area contributed by atoms with Crippen LogP contribution in [-0.2, 0) is 16.1 Å². The maximum Gasteiger partial charge on any atom is 0.231 e. The first kappa shape index (κ1) is 19.8. The first-order chi connectivity index (χ1) is 14.5. The highest BCUT2D eigenvalue weighted by atomic mass is 19.1. The second kappa shape index (κ2) is 8.45. The van der Waals surface area contributed by atoms with E-state index in [0.29, 0.717) is 17.8 Å². The molecule has 2 heterocycles. The number of anilines is 1. The molecule has 3 aromatic rings. The summed E-state index contributed by atoms with van der Waals surface area (Å²) < 4.78 is 13.7. The average Bonchev–Trinajstić information content (AvgIpc) is 2.77. The number of amides is 2. The van der Waals surface area contributed by atoms with Crippen LogP contribution in [0, 0.1) is 5.82 Å². The number of nitrogens with zero attached hydrogens (tertiary/aromatic N) is 2. The summed E-state index contributed by atoms with van der Waals surface area (Å²) in [7, 11) is 0. The third-order valence-electron chi connectivity index (χ3n) is 5.41. The van der Waals surface area contributed by atoms with Crippen molar-refractivity contribution < 1.29 is 14.0 Å². The van der Waals surface area contributed by atoms with Crippen molar-refractivity contribution in [3.63, 3.8) is 0 Å². The molecule has 0 saturated heterocycles. The third-order valence-corrected chi connectivity index (χ3v) is 5.41. The summed E-state index contributed by atoms with van der Waals surface area (Å²) in [6.45, 7) is 2.31. The predicted molar refractivity (Wildman–Crippen MR) is 112 cm³/mol. The van der Waals surface area contributed by atoms with Crippen LogP contribution in [0.5, 0.6) is 0 Å². The Morgan fingerprint density at radius 1 is 1.17 bits per heavy atom. The van der Waals surface area contributed by atoms with Gasteiger partial charge in [-0.05, 0) is 42.3 Å². The lowest BCUT2D eigenvalue weighted by atomic mass is 9.88. The number of pyridine rings is 1. The van der Waals surface area contributed by atoms with E-state index < -0.39 is 11.7 Å². The summed E-state index contributed by atoms with van der Waals surface area (Å²) in [6, 6.07) is 19.2. The fraction of sp³-hybridized carbons (Fsp3) is 0.208. The molecule has 2 amide bonds. The SMILES string of the molecule is CC(c1ccccn1)N(Cc1ccccc1)C(=O)C1CC(=O)Nc2cc(F)ccc21. The van der Waals surface area contributed by atoms with Crippen LogP contribution in [0.2, 0.25) is 0 Å². The summed E-state index contributed by atoms with van der Waals surface area (Å²) >= 11 is 0. The van der Waals surface area contributed by atoms with Gasteiger partial charge in [-0.1, -0.05) is 42.5 Å². The molecule has 2 atom stereocenters. The molecule has 1 N–H and O–H groups in total. The molecule has 1 aromatic heterocycles. The van der Waals surface area contributed by atoms with Crippen molar-refractivity contribution in [3.8, 4) is 0 Å². The monoisotopic (exact) mass is 403 g/mol. The Kier molecular flexibility index (Phi) is 5.57. The lowest BCUT2D eigenvalue weighted by Crippen LogP contribution is -2.40. The number of carbonyl (C=O) groups excluding carboxylic acids is 2. The zero-order valence-electron chi connectivity index (χ0n) is 16.6. The van der Waals surface area contributed by atoms with Crippen LogP contribution in [0.3, 0.4) is 0 Å². The summed E-state index contributed by atoms with van der Waals surface area (Å²) in [6.07, 6.45) is 1.72. The fourth-order valence-electron chi connectivity index (χ4n) is 3.83. The van der Waals surface area contributed by atoms with Crippen molar-refractivity contribution in [1.82, 2.24) is 9.88 Å². The first-order valence-corrected chi connectivity index (χ1v) is 9.87. The van der Waals surface area contributed by atoms with Crippen molar-refractivity contribution >= 4 is 17.5 Å². The number of aromatic nitrogens is 1. The van der Waals surface area contributed by atoms with Gasteiger partial charge in [-0.15, -0.1) is 0 Å². The standard InChI is InChI=1S/C24H22FN3O2/c1-16(21-9-5-6-12-26-21)28(15-17-7-3-2-4-8-17)24(30)20-14-23(29)27-22-13-18(25)10-11-19(20)22/h2-13,16,20H,14-15H2,1H3,(H,27,29). The minimum absolute atomic E-state index is 0.0255. The quantitative estimate of drug-likeness (QED) is 0.685. The molecule has 0 radical (unpaired) electrons. The Morgan fingerprint density at radius 2 is 1.93 bits per heavy atom. The van der Waals surface area contributed by atoms with Gasteiger partial charge >= 0.3 is 0 Å². The van der Waals surface area contributed by atoms with Crippen molar-refractivity contribution in [1.29, 1.82) is 0 Å². The number of halogens is 1. The highest BCUT2D eigenvalue weighted by Crippen LogP contribution is 2.36. The predicted octanol–water partition coefficient (Wildman–Crippen LogP) is 4.44. The topological polar surface area (TPSA) is 62.3 Å². The zero-order valence-corrected chi connectivity index (χ0v) is 16.6. The number of hydrogen-bond donors (Lipinski definition) is 1. The lowest BCUT2D eigenvalue weighted by molar-refractivity contribution is -0.137. The van der Waals surface area contributed by atoms with Gasteiger partial charge in [0.1, 0.15) is 5.82 Å². The first-order valence-electron chi connectivity index (χ1n) is 9.87. The van der Waals surface area contributed by atoms with Crippen molar-refractivity contribution in [2.75, 3.05) is 5.32 Å². The Balaban J connectivity index is 1.71. The lowest BCUT2D eigenvalue weighted by Gasteiger charge is -2.34. The van der Waals surface area contributed by atoms with E-state index in [1.54, 1.807) is 17.2 Å². The molecular formula is C24H22FN3O2. The van der Waals surface area contributed by atoms with E-state index in [4.69, 9.17) is 0 Å². The van der Waals surface area contributed by atoms with E-state index in [1.165, 1.54) is 12.1 Å². The Bertz CT molecular complexity index is 1060. The maximum absolute atomic E-state index is 13.7. The Labute approximate surface area is 174 Å². The van der Waals surface area contributed by atoms with Crippen LogP contribution in [0.4, 0.5) is 10.1 Å². The van der Waals surface area contributed by atoms with Gasteiger partial charge in [-0.3, -0.25) is 14.6 Å². The molecule has 30 heavy (non-hydrogen) atoms. The Hall–Kier alpha value is -3.54. The van der Waals surface area contributed by atoms with E-state index in [-0.39, 0.29) is 24.3 Å². The van der Waals surface area contributed by atoms with Gasteiger partial charge in [0.05, 0.1) is 17.7 Å². The van der Waals surface area contributed by atoms with E-state index in [0.717, 1.165) is 11.3 Å². The van der Waals surface area contributed by atoms with Gasteiger partial charge < -0.3 is 10.2 Å². The van der Waals surface area contributed by atoms with E-state index in [1.807, 2.05) is 55.5 Å². The fourth-order valence-corrected chi connectivity index (χ4v) is 3.83. The molecule has 0 fully saturated rings. The van der Waals surface area contributed by atoms with E-state index in [9.17, 15) is 14.0 Å². The molecule has 0 saturated carbocycles. The maximum atomic E-state index is 13.7. The van der Waals surface area contributed by atoms with Crippen LogP contribution in [0.1, 0.15) is 42.1 Å². The van der Waals surface area contributed by atoms with Crippen molar-refractivity contribution in [2.24, 2.45) is 0 Å². The van der Waals surface area contributed by atoms with Gasteiger partial charge in [0.2, 0.25) is 11.8 Å². The van der Waals surface area contributed by atoms with E-state index in [2.05, 4.69) is 10.3 Å². The second-order valence-electron chi connectivity index (χ2n) is 7.42. The Morgan fingerprint density at radius 3 is 2.67 bits per heavy atom. The number of hydrogen-bond acceptors (Lipinski definition) is 3. The highest BCUT2D eigenvalue weighted by Gasteiger charge is 2.35. The van der Waals surface area contributed by atoms with Gasteiger partial charge in [-0.2, -0.15) is 0 Å². The number of fused-ring (bicyclic) bond motifs is 1. The number of nitrogens with one attached hydrogen (secondary N) is 1. The van der Waals surface area contributed by atoms with Crippen molar-refractivity contribution in [2.45, 2.75) is 31.8 Å². The molecule has 2 aromatic carbocycles. The smallest absolute Gasteiger partial charge is 0.231 e. The molecule has 152 valence electrons. The van der Waals surface area contributed by atoms with Gasteiger partial charge in [0.15, 0.2) is 0 Å². The largest absolute Gasteiger partial charge is 0.329 e. The molecule has 0 aliphatic carbocycles. The van der Waals surface area contributed by atoms with Crippen LogP contribution in [0.25, 0.3) is 0 Å². The molecule has 6 heteroatoms. The average molecular weight is 403 g/mol. The summed E-state index contributed by atoms with van der Waals surface area (Å²) in [5.74, 6) is -1.61. The van der Waals surface area contributed by atoms with Gasteiger partial charge in [0.25, 0.3) is 0 Å². The zero-order chi connectivity index (χ0) is 21.1. The third kappa shape index (κ3) is 4.08. The second-order valence-corrected chi connectivity index (χ2v) is 7.42. The molecule has 2 unspecified atom stereocenters. The minimum Gasteiger partial charge on any atom is -0.329 e. The van der Waals surface area contributed by atoms with Gasteiger partial charge in [-0.25, -0.2) is 4.39 Å². The highest BCUT2D eigenvalue weighted by molar-refractivity contribution is 6.01. The molecule has 0 spiro atoms. The van der Waals surface area contributed by atoms with E-state index >= 15 is 0 Å². The molecule has 1 aliphatic rings. The molecular weight excluding hydrogens is 381 g/mol. The molecule has 1 aliphatic heterocycles. The minimum atomic E-state index is -0.677.